The van der Waals surface area contributed by atoms with Crippen LogP contribution in [0, 0.1) is 0 Å². The molecule has 0 N–H and O–H groups in total. The van der Waals surface area contributed by atoms with Gasteiger partial charge in [0.15, 0.2) is 5.69 Å². The lowest BCUT2D eigenvalue weighted by molar-refractivity contribution is -0.142. The molecule has 9 heteroatoms. The molecule has 2 aromatic rings. The van der Waals surface area contributed by atoms with Crippen molar-refractivity contribution in [3.63, 3.8) is 0 Å². The summed E-state index contributed by atoms with van der Waals surface area (Å²) >= 11 is 0. The van der Waals surface area contributed by atoms with Crippen LogP contribution < -0.4 is 0 Å². The van der Waals surface area contributed by atoms with Crippen molar-refractivity contribution in [1.82, 2.24) is 24.5 Å². The van der Waals surface area contributed by atoms with Gasteiger partial charge >= 0.3 is 6.18 Å². The first-order valence-corrected chi connectivity index (χ1v) is 7.31. The van der Waals surface area contributed by atoms with Gasteiger partial charge in [0.1, 0.15) is 6.54 Å². The van der Waals surface area contributed by atoms with Crippen LogP contribution in [0.5, 0.6) is 0 Å². The van der Waals surface area contributed by atoms with Crippen LogP contribution in [-0.4, -0.2) is 43.0 Å². The van der Waals surface area contributed by atoms with E-state index in [1.165, 1.54) is 6.20 Å². The van der Waals surface area contributed by atoms with E-state index in [9.17, 15) is 18.0 Å². The van der Waals surface area contributed by atoms with Gasteiger partial charge in [-0.3, -0.25) is 14.2 Å². The van der Waals surface area contributed by atoms with E-state index in [1.54, 1.807) is 15.8 Å². The number of carbonyl (C=O) groups is 1. The molecule has 0 bridgehead atoms. The number of amides is 1. The van der Waals surface area contributed by atoms with Gasteiger partial charge in [-0.15, -0.1) is 0 Å². The molecule has 124 valence electrons. The van der Waals surface area contributed by atoms with E-state index in [4.69, 9.17) is 0 Å². The highest BCUT2D eigenvalue weighted by molar-refractivity contribution is 5.76. The molecule has 3 heterocycles. The number of alkyl halides is 3. The van der Waals surface area contributed by atoms with Gasteiger partial charge in [-0.25, -0.2) is 0 Å². The fourth-order valence-electron chi connectivity index (χ4n) is 2.81. The van der Waals surface area contributed by atoms with Crippen molar-refractivity contribution in [2.75, 3.05) is 6.54 Å². The summed E-state index contributed by atoms with van der Waals surface area (Å²) in [5, 5.41) is 7.54. The Balaban J connectivity index is 1.64. The van der Waals surface area contributed by atoms with Crippen LogP contribution >= 0.6 is 0 Å². The predicted octanol–water partition coefficient (Wildman–Crippen LogP) is 1.79. The minimum atomic E-state index is -4.50. The number of hydrogen-bond donors (Lipinski definition) is 0. The molecule has 0 aliphatic carbocycles. The summed E-state index contributed by atoms with van der Waals surface area (Å²) in [6, 6.07) is 2.70. The number of carbonyl (C=O) groups excluding carboxylic acids is 1. The topological polar surface area (TPSA) is 56.0 Å². The molecule has 23 heavy (non-hydrogen) atoms. The van der Waals surface area contributed by atoms with Gasteiger partial charge in [-0.2, -0.15) is 23.4 Å². The number of likely N-dealkylation sites (tertiary alicyclic amines) is 1. The molecule has 1 aliphatic heterocycles. The minimum Gasteiger partial charge on any atom is -0.336 e. The quantitative estimate of drug-likeness (QED) is 0.860. The van der Waals surface area contributed by atoms with Crippen LogP contribution in [-0.2, 0) is 24.1 Å². The summed E-state index contributed by atoms with van der Waals surface area (Å²) in [4.78, 5) is 14.1. The van der Waals surface area contributed by atoms with Gasteiger partial charge in [-0.05, 0) is 25.0 Å². The number of nitrogens with zero attached hydrogens (tertiary/aromatic N) is 5. The van der Waals surface area contributed by atoms with E-state index < -0.39 is 11.9 Å². The molecule has 0 saturated carbocycles. The second-order valence-corrected chi connectivity index (χ2v) is 5.51. The molecule has 1 aliphatic rings. The number of aromatic nitrogens is 4. The highest BCUT2D eigenvalue weighted by atomic mass is 19.4. The molecule has 0 unspecified atom stereocenters. The predicted molar refractivity (Wildman–Crippen MR) is 74.2 cm³/mol. The Kier molecular flexibility index (Phi) is 4.10. The zero-order valence-corrected chi connectivity index (χ0v) is 12.3. The second-order valence-electron chi connectivity index (χ2n) is 5.51. The van der Waals surface area contributed by atoms with Crippen LogP contribution in [0.2, 0.25) is 0 Å². The van der Waals surface area contributed by atoms with E-state index in [1.807, 2.05) is 12.3 Å². The highest BCUT2D eigenvalue weighted by Crippen LogP contribution is 2.27. The Hall–Kier alpha value is -2.32. The van der Waals surface area contributed by atoms with Gasteiger partial charge in [0.2, 0.25) is 5.91 Å². The molecule has 1 amide bonds. The monoisotopic (exact) mass is 327 g/mol. The third kappa shape index (κ3) is 3.54. The van der Waals surface area contributed by atoms with E-state index in [-0.39, 0.29) is 18.5 Å². The molecule has 3 rings (SSSR count). The summed E-state index contributed by atoms with van der Waals surface area (Å²) in [5.41, 5.74) is -0.986. The lowest BCUT2D eigenvalue weighted by atomic mass is 10.2. The first-order chi connectivity index (χ1) is 10.9. The maximum absolute atomic E-state index is 12.5. The fraction of sp³-hybridized carbons (Fsp3) is 0.500. The summed E-state index contributed by atoms with van der Waals surface area (Å²) in [7, 11) is 0. The van der Waals surface area contributed by atoms with Crippen molar-refractivity contribution in [2.24, 2.45) is 0 Å². The Morgan fingerprint density at radius 1 is 1.30 bits per heavy atom. The Morgan fingerprint density at radius 3 is 2.78 bits per heavy atom. The Morgan fingerprint density at radius 2 is 2.13 bits per heavy atom. The van der Waals surface area contributed by atoms with Crippen LogP contribution in [0.1, 0.15) is 18.5 Å². The molecule has 1 fully saturated rings. The van der Waals surface area contributed by atoms with Crippen molar-refractivity contribution in [3.05, 3.63) is 36.4 Å². The van der Waals surface area contributed by atoms with Gasteiger partial charge < -0.3 is 4.90 Å². The smallest absolute Gasteiger partial charge is 0.336 e. The fourth-order valence-corrected chi connectivity index (χ4v) is 2.81. The Bertz CT molecular complexity index is 664. The van der Waals surface area contributed by atoms with E-state index in [0.717, 1.165) is 23.6 Å². The van der Waals surface area contributed by atoms with E-state index >= 15 is 0 Å². The van der Waals surface area contributed by atoms with E-state index in [0.29, 0.717) is 13.1 Å². The summed E-state index contributed by atoms with van der Waals surface area (Å²) < 4.78 is 40.4. The average Bonchev–Trinajstić information content (AvgIpc) is 3.18. The van der Waals surface area contributed by atoms with Crippen LogP contribution in [0.3, 0.4) is 0 Å². The maximum Gasteiger partial charge on any atom is 0.435 e. The molecular formula is C14H16F3N5O. The second kappa shape index (κ2) is 6.05. The maximum atomic E-state index is 12.5. The molecule has 0 radical (unpaired) electrons. The van der Waals surface area contributed by atoms with Gasteiger partial charge in [0.05, 0.1) is 12.6 Å². The normalized spacial score (nSPS) is 18.6. The molecule has 0 spiro atoms. The number of hydrogen-bond acceptors (Lipinski definition) is 3. The number of halogens is 3. The van der Waals surface area contributed by atoms with Crippen molar-refractivity contribution in [2.45, 2.75) is 38.1 Å². The SMILES string of the molecule is O=C(Cn1ccc(C(F)(F)F)n1)N1CCC[C@@H]1Cn1cccn1. The van der Waals surface area contributed by atoms with Crippen molar-refractivity contribution in [1.29, 1.82) is 0 Å². The molecule has 2 aromatic heterocycles. The summed E-state index contributed by atoms with van der Waals surface area (Å²) in [5.74, 6) is -0.225. The average molecular weight is 327 g/mol. The van der Waals surface area contributed by atoms with Crippen molar-refractivity contribution < 1.29 is 18.0 Å². The molecule has 1 atom stereocenters. The summed E-state index contributed by atoms with van der Waals surface area (Å²) in [6.07, 6.45) is 1.92. The summed E-state index contributed by atoms with van der Waals surface area (Å²) in [6.45, 7) is 1.01. The molecule has 1 saturated heterocycles. The van der Waals surface area contributed by atoms with Crippen molar-refractivity contribution in [3.8, 4) is 0 Å². The van der Waals surface area contributed by atoms with Crippen LogP contribution in [0.25, 0.3) is 0 Å². The zero-order chi connectivity index (χ0) is 16.4. The standard InChI is InChI=1S/C14H16F3N5O/c15-14(16,17)12-4-8-21(19-12)10-13(23)22-7-1-3-11(22)9-20-6-2-5-18-20/h2,4-6,8,11H,1,3,7,9-10H2/t11-/m1/s1. The molecule has 6 nitrogen and oxygen atoms in total. The first kappa shape index (κ1) is 15.6. The highest BCUT2D eigenvalue weighted by Gasteiger charge is 2.34. The largest absolute Gasteiger partial charge is 0.435 e. The third-order valence-corrected chi connectivity index (χ3v) is 3.88. The molecular weight excluding hydrogens is 311 g/mol. The number of rotatable bonds is 4. The minimum absolute atomic E-state index is 0.0139. The van der Waals surface area contributed by atoms with Gasteiger partial charge in [0.25, 0.3) is 0 Å². The zero-order valence-electron chi connectivity index (χ0n) is 12.3. The first-order valence-electron chi connectivity index (χ1n) is 7.31. The van der Waals surface area contributed by atoms with Gasteiger partial charge in [-0.1, -0.05) is 0 Å². The molecule has 0 aromatic carbocycles. The van der Waals surface area contributed by atoms with Crippen LogP contribution in [0.4, 0.5) is 13.2 Å². The Labute approximate surface area is 130 Å². The third-order valence-electron chi connectivity index (χ3n) is 3.88. The lowest BCUT2D eigenvalue weighted by Crippen LogP contribution is -2.40. The lowest BCUT2D eigenvalue weighted by Gasteiger charge is -2.24. The van der Waals surface area contributed by atoms with E-state index in [2.05, 4.69) is 10.2 Å². The van der Waals surface area contributed by atoms with Gasteiger partial charge in [0, 0.05) is 25.1 Å². The van der Waals surface area contributed by atoms with Crippen LogP contribution in [0.15, 0.2) is 30.7 Å². The van der Waals surface area contributed by atoms with Crippen molar-refractivity contribution >= 4 is 5.91 Å².